The van der Waals surface area contributed by atoms with Crippen LogP contribution in [0.2, 0.25) is 0 Å². The first-order valence-electron chi connectivity index (χ1n) is 7.96. The minimum absolute atomic E-state index is 0.604. The van der Waals surface area contributed by atoms with Crippen molar-refractivity contribution >= 4 is 23.1 Å². The van der Waals surface area contributed by atoms with Crippen LogP contribution < -0.4 is 10.6 Å². The molecule has 0 spiro atoms. The van der Waals surface area contributed by atoms with Crippen molar-refractivity contribution in [3.63, 3.8) is 0 Å². The first-order valence-corrected chi connectivity index (χ1v) is 8.78. The molecule has 3 rings (SSSR count). The molecule has 0 fully saturated rings. The van der Waals surface area contributed by atoms with E-state index in [1.54, 1.807) is 6.07 Å². The summed E-state index contributed by atoms with van der Waals surface area (Å²) in [6.07, 6.45) is -1.54. The second-order valence-electron chi connectivity index (χ2n) is 5.75. The maximum atomic E-state index is 13.1. The average Bonchev–Trinajstić information content (AvgIpc) is 2.56. The van der Waals surface area contributed by atoms with Gasteiger partial charge in [0.25, 0.3) is 0 Å². The topological polar surface area (TPSA) is 29.3 Å². The first-order chi connectivity index (χ1) is 11.5. The van der Waals surface area contributed by atoms with Gasteiger partial charge in [-0.2, -0.15) is 13.2 Å². The molecule has 6 heteroatoms. The molecular formula is C18H19F3N2S. The predicted octanol–water partition coefficient (Wildman–Crippen LogP) is 5.44. The van der Waals surface area contributed by atoms with Crippen molar-refractivity contribution in [1.29, 1.82) is 0 Å². The summed E-state index contributed by atoms with van der Waals surface area (Å²) < 4.78 is 39.3. The summed E-state index contributed by atoms with van der Waals surface area (Å²) >= 11 is 1.52. The van der Waals surface area contributed by atoms with Gasteiger partial charge in [-0.15, -0.1) is 0 Å². The predicted molar refractivity (Wildman–Crippen MR) is 91.9 cm³/mol. The van der Waals surface area contributed by atoms with E-state index in [1.165, 1.54) is 17.8 Å². The third-order valence-electron chi connectivity index (χ3n) is 4.04. The van der Waals surface area contributed by atoms with Crippen LogP contribution in [0.4, 0.5) is 24.5 Å². The van der Waals surface area contributed by atoms with Crippen LogP contribution in [0.5, 0.6) is 0 Å². The number of nitrogens with two attached hydrogens (primary N) is 1. The van der Waals surface area contributed by atoms with Gasteiger partial charge in [-0.1, -0.05) is 30.3 Å². The highest BCUT2D eigenvalue weighted by Crippen LogP contribution is 2.49. The summed E-state index contributed by atoms with van der Waals surface area (Å²) in [6.45, 7) is 1.33. The normalized spacial score (nSPS) is 13.6. The molecule has 2 aromatic rings. The van der Waals surface area contributed by atoms with Crippen molar-refractivity contribution in [2.24, 2.45) is 5.73 Å². The standard InChI is InChI=1S/C18H19F3N2S/c19-18(20,21)13-8-9-17-15(12-13)23(11-5-1-4-10-22)14-6-2-3-7-16(14)24-17/h2-3,6-9,12H,1,4-5,10-11,22H2. The second-order valence-corrected chi connectivity index (χ2v) is 6.83. The van der Waals surface area contributed by atoms with E-state index < -0.39 is 11.7 Å². The SMILES string of the molecule is NCCCCCN1c2ccccc2Sc2ccc(C(F)(F)F)cc21. The molecule has 2 nitrogen and oxygen atoms in total. The van der Waals surface area contributed by atoms with Gasteiger partial charge in [0, 0.05) is 16.3 Å². The maximum absolute atomic E-state index is 13.1. The summed E-state index contributed by atoms with van der Waals surface area (Å²) in [5.74, 6) is 0. The number of anilines is 2. The zero-order chi connectivity index (χ0) is 17.2. The largest absolute Gasteiger partial charge is 0.416 e. The van der Waals surface area contributed by atoms with Crippen molar-refractivity contribution in [3.05, 3.63) is 48.0 Å². The number of hydrogen-bond acceptors (Lipinski definition) is 3. The lowest BCUT2D eigenvalue weighted by atomic mass is 10.1. The number of unbranched alkanes of at least 4 members (excludes halogenated alkanes) is 2. The van der Waals surface area contributed by atoms with Crippen LogP contribution in [-0.4, -0.2) is 13.1 Å². The fourth-order valence-corrected chi connectivity index (χ4v) is 3.91. The quantitative estimate of drug-likeness (QED) is 0.727. The van der Waals surface area contributed by atoms with Crippen LogP contribution in [0.15, 0.2) is 52.3 Å². The van der Waals surface area contributed by atoms with Crippen LogP contribution in [-0.2, 0) is 6.18 Å². The Bertz CT molecular complexity index is 716. The Morgan fingerprint density at radius 3 is 2.42 bits per heavy atom. The number of alkyl halides is 3. The van der Waals surface area contributed by atoms with Crippen LogP contribution in [0.1, 0.15) is 24.8 Å². The molecule has 0 unspecified atom stereocenters. The highest BCUT2D eigenvalue weighted by atomic mass is 32.2. The van der Waals surface area contributed by atoms with Gasteiger partial charge in [-0.05, 0) is 49.7 Å². The molecule has 2 N–H and O–H groups in total. The molecule has 24 heavy (non-hydrogen) atoms. The molecule has 2 aromatic carbocycles. The first kappa shape index (κ1) is 17.2. The van der Waals surface area contributed by atoms with Crippen molar-refractivity contribution < 1.29 is 13.2 Å². The Labute approximate surface area is 143 Å². The minimum atomic E-state index is -4.33. The van der Waals surface area contributed by atoms with Gasteiger partial charge in [0.05, 0.1) is 16.9 Å². The van der Waals surface area contributed by atoms with E-state index in [2.05, 4.69) is 0 Å². The molecule has 1 aliphatic rings. The molecule has 0 amide bonds. The molecule has 0 bridgehead atoms. The Morgan fingerprint density at radius 1 is 0.917 bits per heavy atom. The molecule has 0 saturated carbocycles. The summed E-state index contributed by atoms with van der Waals surface area (Å²) in [6, 6.07) is 11.8. The van der Waals surface area contributed by atoms with Gasteiger partial charge in [0.2, 0.25) is 0 Å². The number of halogens is 3. The van der Waals surface area contributed by atoms with Gasteiger partial charge in [-0.3, -0.25) is 0 Å². The Balaban J connectivity index is 1.96. The van der Waals surface area contributed by atoms with E-state index >= 15 is 0 Å². The fourth-order valence-electron chi connectivity index (χ4n) is 2.84. The molecule has 0 aliphatic carbocycles. The second kappa shape index (κ2) is 7.07. The fraction of sp³-hybridized carbons (Fsp3) is 0.333. The third kappa shape index (κ3) is 3.54. The zero-order valence-corrected chi connectivity index (χ0v) is 14.0. The maximum Gasteiger partial charge on any atom is 0.416 e. The van der Waals surface area contributed by atoms with Gasteiger partial charge in [0.1, 0.15) is 0 Å². The summed E-state index contributed by atoms with van der Waals surface area (Å²) in [7, 11) is 0. The van der Waals surface area contributed by atoms with Crippen molar-refractivity contribution in [2.45, 2.75) is 35.2 Å². The van der Waals surface area contributed by atoms with Crippen molar-refractivity contribution in [2.75, 3.05) is 18.0 Å². The Morgan fingerprint density at radius 2 is 1.67 bits per heavy atom. The Kier molecular flexibility index (Phi) is 5.06. The molecule has 0 atom stereocenters. The van der Waals surface area contributed by atoms with E-state index in [0.717, 1.165) is 40.8 Å². The van der Waals surface area contributed by atoms with Crippen LogP contribution in [0, 0.1) is 0 Å². The molecule has 128 valence electrons. The van der Waals surface area contributed by atoms with E-state index in [4.69, 9.17) is 5.73 Å². The monoisotopic (exact) mass is 352 g/mol. The lowest BCUT2D eigenvalue weighted by Crippen LogP contribution is -2.23. The number of fused-ring (bicyclic) bond motifs is 2. The summed E-state index contributed by atoms with van der Waals surface area (Å²) in [4.78, 5) is 3.94. The zero-order valence-electron chi connectivity index (χ0n) is 13.1. The highest BCUT2D eigenvalue weighted by molar-refractivity contribution is 7.99. The van der Waals surface area contributed by atoms with E-state index in [-0.39, 0.29) is 0 Å². The van der Waals surface area contributed by atoms with Gasteiger partial charge in [0.15, 0.2) is 0 Å². The van der Waals surface area contributed by atoms with Gasteiger partial charge < -0.3 is 10.6 Å². The van der Waals surface area contributed by atoms with Crippen molar-refractivity contribution in [3.8, 4) is 0 Å². The van der Waals surface area contributed by atoms with Gasteiger partial charge >= 0.3 is 6.18 Å². The number of rotatable bonds is 5. The number of hydrogen-bond donors (Lipinski definition) is 1. The molecular weight excluding hydrogens is 333 g/mol. The van der Waals surface area contributed by atoms with Crippen LogP contribution in [0.25, 0.3) is 0 Å². The van der Waals surface area contributed by atoms with E-state index in [0.29, 0.717) is 18.8 Å². The highest BCUT2D eigenvalue weighted by Gasteiger charge is 2.33. The molecule has 0 radical (unpaired) electrons. The Hall–Kier alpha value is -1.66. The smallest absolute Gasteiger partial charge is 0.340 e. The number of nitrogens with zero attached hydrogens (tertiary/aromatic N) is 1. The summed E-state index contributed by atoms with van der Waals surface area (Å²) in [5.41, 5.74) is 6.54. The lowest BCUT2D eigenvalue weighted by Gasteiger charge is -2.33. The molecule has 0 aromatic heterocycles. The van der Waals surface area contributed by atoms with E-state index in [1.807, 2.05) is 29.2 Å². The average molecular weight is 352 g/mol. The lowest BCUT2D eigenvalue weighted by molar-refractivity contribution is -0.137. The molecule has 1 heterocycles. The summed E-state index contributed by atoms with van der Waals surface area (Å²) in [5, 5.41) is 0. The molecule has 0 saturated heterocycles. The number of para-hydroxylation sites is 1. The van der Waals surface area contributed by atoms with Gasteiger partial charge in [-0.25, -0.2) is 0 Å². The van der Waals surface area contributed by atoms with Crippen LogP contribution >= 0.6 is 11.8 Å². The van der Waals surface area contributed by atoms with Crippen molar-refractivity contribution in [1.82, 2.24) is 0 Å². The third-order valence-corrected chi connectivity index (χ3v) is 5.17. The minimum Gasteiger partial charge on any atom is -0.340 e. The van der Waals surface area contributed by atoms with E-state index in [9.17, 15) is 13.2 Å². The number of benzene rings is 2. The molecule has 1 aliphatic heterocycles. The van der Waals surface area contributed by atoms with Crippen LogP contribution in [0.3, 0.4) is 0 Å².